The maximum absolute atomic E-state index is 4.58. The molecule has 0 saturated heterocycles. The lowest BCUT2D eigenvalue weighted by Crippen LogP contribution is -2.65. The standard InChI is InChI=1S/C25H45N/c1-5-13-21(14-6-1)25(22-15-7-2-8-16-22,23-17-9-3-10-18-23)26-24-19-11-4-12-20-24/h21-24,26H,1-20H2. The third-order valence-corrected chi connectivity index (χ3v) is 8.90. The highest BCUT2D eigenvalue weighted by Crippen LogP contribution is 2.51. The average Bonchev–Trinajstić information content (AvgIpc) is 2.75. The molecule has 1 heteroatoms. The molecule has 4 fully saturated rings. The topological polar surface area (TPSA) is 12.0 Å². The van der Waals surface area contributed by atoms with Gasteiger partial charge < -0.3 is 5.32 Å². The highest BCUT2D eigenvalue weighted by molar-refractivity contribution is 5.07. The van der Waals surface area contributed by atoms with E-state index in [-0.39, 0.29) is 0 Å². The van der Waals surface area contributed by atoms with Crippen LogP contribution in [0.25, 0.3) is 0 Å². The molecule has 1 nitrogen and oxygen atoms in total. The Morgan fingerprint density at radius 3 is 1.04 bits per heavy atom. The first-order chi connectivity index (χ1) is 12.9. The SMILES string of the molecule is C1CCC(NC(C2CCCCC2)(C2CCCCC2)C2CCCCC2)CC1. The maximum atomic E-state index is 4.58. The van der Waals surface area contributed by atoms with Gasteiger partial charge in [0, 0.05) is 11.6 Å². The van der Waals surface area contributed by atoms with Crippen molar-refractivity contribution in [1.82, 2.24) is 5.32 Å². The Bertz CT molecular complexity index is 347. The van der Waals surface area contributed by atoms with E-state index in [0.29, 0.717) is 5.54 Å². The van der Waals surface area contributed by atoms with Crippen molar-refractivity contribution in [2.24, 2.45) is 17.8 Å². The first-order valence-corrected chi connectivity index (χ1v) is 12.7. The molecule has 150 valence electrons. The van der Waals surface area contributed by atoms with Crippen LogP contribution in [0.4, 0.5) is 0 Å². The second-order valence-electron chi connectivity index (χ2n) is 10.4. The number of rotatable bonds is 5. The smallest absolute Gasteiger partial charge is 0.0268 e. The molecule has 4 aliphatic rings. The van der Waals surface area contributed by atoms with Gasteiger partial charge in [0.1, 0.15) is 0 Å². The number of hydrogen-bond donors (Lipinski definition) is 1. The molecule has 0 aliphatic heterocycles. The summed E-state index contributed by atoms with van der Waals surface area (Å²) in [6.45, 7) is 0. The molecule has 0 amide bonds. The zero-order chi connectivity index (χ0) is 17.7. The Morgan fingerprint density at radius 1 is 0.385 bits per heavy atom. The molecule has 4 saturated carbocycles. The van der Waals surface area contributed by atoms with Crippen LogP contribution in [-0.2, 0) is 0 Å². The lowest BCUT2D eigenvalue weighted by Gasteiger charge is -2.57. The van der Waals surface area contributed by atoms with Crippen LogP contribution in [0.2, 0.25) is 0 Å². The lowest BCUT2D eigenvalue weighted by atomic mass is 9.56. The van der Waals surface area contributed by atoms with Crippen LogP contribution < -0.4 is 5.32 Å². The van der Waals surface area contributed by atoms with Gasteiger partial charge in [0.15, 0.2) is 0 Å². The van der Waals surface area contributed by atoms with Crippen molar-refractivity contribution >= 4 is 0 Å². The molecule has 0 aromatic rings. The zero-order valence-electron chi connectivity index (χ0n) is 17.5. The van der Waals surface area contributed by atoms with Crippen molar-refractivity contribution in [3.63, 3.8) is 0 Å². The minimum absolute atomic E-state index is 0.517. The zero-order valence-corrected chi connectivity index (χ0v) is 17.5. The van der Waals surface area contributed by atoms with Crippen LogP contribution in [0.1, 0.15) is 128 Å². The predicted molar refractivity (Wildman–Crippen MR) is 112 cm³/mol. The molecule has 0 aromatic carbocycles. The molecular formula is C25H45N. The van der Waals surface area contributed by atoms with Gasteiger partial charge in [-0.1, -0.05) is 77.0 Å². The van der Waals surface area contributed by atoms with Crippen LogP contribution >= 0.6 is 0 Å². The fourth-order valence-corrected chi connectivity index (χ4v) is 7.69. The van der Waals surface area contributed by atoms with Crippen LogP contribution in [0.5, 0.6) is 0 Å². The Hall–Kier alpha value is -0.0400. The third-order valence-electron chi connectivity index (χ3n) is 8.90. The molecule has 4 rings (SSSR count). The summed E-state index contributed by atoms with van der Waals surface area (Å²) in [5.41, 5.74) is 0.517. The molecule has 1 N–H and O–H groups in total. The van der Waals surface area contributed by atoms with Crippen LogP contribution in [0.15, 0.2) is 0 Å². The van der Waals surface area contributed by atoms with E-state index in [4.69, 9.17) is 0 Å². The van der Waals surface area contributed by atoms with E-state index in [9.17, 15) is 0 Å². The highest BCUT2D eigenvalue weighted by atomic mass is 15.0. The second kappa shape index (κ2) is 9.44. The minimum Gasteiger partial charge on any atom is -0.308 e. The number of nitrogens with one attached hydrogen (secondary N) is 1. The summed E-state index contributed by atoms with van der Waals surface area (Å²) in [7, 11) is 0. The molecule has 0 aromatic heterocycles. The molecule has 0 spiro atoms. The quantitative estimate of drug-likeness (QED) is 0.539. The van der Waals surface area contributed by atoms with Crippen LogP contribution in [-0.4, -0.2) is 11.6 Å². The molecule has 0 bridgehead atoms. The van der Waals surface area contributed by atoms with Crippen LogP contribution in [0.3, 0.4) is 0 Å². The van der Waals surface area contributed by atoms with Gasteiger partial charge in [-0.05, 0) is 69.1 Å². The fraction of sp³-hybridized carbons (Fsp3) is 1.00. The Labute approximate surface area is 163 Å². The van der Waals surface area contributed by atoms with Gasteiger partial charge in [0.05, 0.1) is 0 Å². The Morgan fingerprint density at radius 2 is 0.692 bits per heavy atom. The van der Waals surface area contributed by atoms with Gasteiger partial charge in [-0.2, -0.15) is 0 Å². The van der Waals surface area contributed by atoms with Crippen molar-refractivity contribution < 1.29 is 0 Å². The minimum atomic E-state index is 0.517. The summed E-state index contributed by atoms with van der Waals surface area (Å²) < 4.78 is 0. The van der Waals surface area contributed by atoms with Gasteiger partial charge in [-0.25, -0.2) is 0 Å². The second-order valence-corrected chi connectivity index (χ2v) is 10.4. The van der Waals surface area contributed by atoms with E-state index in [2.05, 4.69) is 5.32 Å². The summed E-state index contributed by atoms with van der Waals surface area (Å²) >= 11 is 0. The normalized spacial score (nSPS) is 29.1. The number of hydrogen-bond acceptors (Lipinski definition) is 1. The van der Waals surface area contributed by atoms with Gasteiger partial charge in [-0.3, -0.25) is 0 Å². The van der Waals surface area contributed by atoms with E-state index < -0.39 is 0 Å². The third kappa shape index (κ3) is 4.18. The van der Waals surface area contributed by atoms with Gasteiger partial charge in [0.2, 0.25) is 0 Å². The van der Waals surface area contributed by atoms with Gasteiger partial charge in [-0.15, -0.1) is 0 Å². The molecule has 0 unspecified atom stereocenters. The van der Waals surface area contributed by atoms with Crippen LogP contribution in [0, 0.1) is 17.8 Å². The van der Waals surface area contributed by atoms with E-state index in [1.54, 1.807) is 0 Å². The first-order valence-electron chi connectivity index (χ1n) is 12.7. The van der Waals surface area contributed by atoms with Gasteiger partial charge >= 0.3 is 0 Å². The van der Waals surface area contributed by atoms with Crippen molar-refractivity contribution in [1.29, 1.82) is 0 Å². The molecule has 26 heavy (non-hydrogen) atoms. The molecule has 0 heterocycles. The molecule has 0 radical (unpaired) electrons. The first kappa shape index (κ1) is 19.3. The summed E-state index contributed by atoms with van der Waals surface area (Å²) in [5, 5.41) is 4.58. The van der Waals surface area contributed by atoms with Gasteiger partial charge in [0.25, 0.3) is 0 Å². The summed E-state index contributed by atoms with van der Waals surface area (Å²) in [5.74, 6) is 2.97. The monoisotopic (exact) mass is 359 g/mol. The van der Waals surface area contributed by atoms with E-state index >= 15 is 0 Å². The van der Waals surface area contributed by atoms with E-state index in [1.807, 2.05) is 0 Å². The molecule has 4 aliphatic carbocycles. The Kier molecular flexibility index (Phi) is 7.00. The predicted octanol–water partition coefficient (Wildman–Crippen LogP) is 7.39. The summed E-state index contributed by atoms with van der Waals surface area (Å²) in [4.78, 5) is 0. The van der Waals surface area contributed by atoms with Crippen molar-refractivity contribution in [3.05, 3.63) is 0 Å². The largest absolute Gasteiger partial charge is 0.308 e. The highest BCUT2D eigenvalue weighted by Gasteiger charge is 2.51. The lowest BCUT2D eigenvalue weighted by molar-refractivity contribution is -0.0125. The molecular weight excluding hydrogens is 314 g/mol. The van der Waals surface area contributed by atoms with E-state index in [1.165, 1.54) is 128 Å². The Balaban J connectivity index is 1.64. The van der Waals surface area contributed by atoms with E-state index in [0.717, 1.165) is 23.8 Å². The van der Waals surface area contributed by atoms with Crippen molar-refractivity contribution in [2.75, 3.05) is 0 Å². The average molecular weight is 360 g/mol. The fourth-order valence-electron chi connectivity index (χ4n) is 7.69. The van der Waals surface area contributed by atoms with Crippen molar-refractivity contribution in [2.45, 2.75) is 140 Å². The summed E-state index contributed by atoms with van der Waals surface area (Å²) in [6.07, 6.45) is 30.2. The summed E-state index contributed by atoms with van der Waals surface area (Å²) in [6, 6.07) is 0.842. The molecule has 0 atom stereocenters. The van der Waals surface area contributed by atoms with Crippen molar-refractivity contribution in [3.8, 4) is 0 Å². The maximum Gasteiger partial charge on any atom is 0.0268 e.